The van der Waals surface area contributed by atoms with E-state index in [2.05, 4.69) is 12.0 Å². The largest absolute Gasteiger partial charge is 0.373 e. The molecule has 20 heavy (non-hydrogen) atoms. The Morgan fingerprint density at radius 2 is 2.15 bits per heavy atom. The van der Waals surface area contributed by atoms with E-state index in [0.29, 0.717) is 12.3 Å². The molecule has 0 amide bonds. The van der Waals surface area contributed by atoms with Crippen LogP contribution in [0.3, 0.4) is 0 Å². The van der Waals surface area contributed by atoms with E-state index in [0.717, 1.165) is 30.7 Å². The van der Waals surface area contributed by atoms with Gasteiger partial charge < -0.3 is 4.74 Å². The van der Waals surface area contributed by atoms with Crippen LogP contribution in [0, 0.1) is 5.92 Å². The van der Waals surface area contributed by atoms with Crippen LogP contribution in [0.2, 0.25) is 0 Å². The molecule has 1 heterocycles. The lowest BCUT2D eigenvalue weighted by atomic mass is 9.83. The molecule has 0 saturated heterocycles. The van der Waals surface area contributed by atoms with Crippen molar-refractivity contribution in [3.63, 3.8) is 0 Å². The molecule has 0 N–H and O–H groups in total. The quantitative estimate of drug-likeness (QED) is 0.803. The fraction of sp³-hybridized carbons (Fsp3) is 0.750. The summed E-state index contributed by atoms with van der Waals surface area (Å²) in [5.41, 5.74) is 2.03. The smallest absolute Gasteiger partial charge is 0.167 e. The summed E-state index contributed by atoms with van der Waals surface area (Å²) in [6.45, 7) is 2.08. The number of aromatic nitrogens is 2. The second-order valence-corrected chi connectivity index (χ2v) is 5.80. The van der Waals surface area contributed by atoms with Crippen LogP contribution < -0.4 is 0 Å². The van der Waals surface area contributed by atoms with Crippen LogP contribution in [0.1, 0.15) is 50.4 Å². The van der Waals surface area contributed by atoms with Gasteiger partial charge in [0.1, 0.15) is 6.10 Å². The molecule has 1 aromatic heterocycles. The maximum atomic E-state index is 12.5. The van der Waals surface area contributed by atoms with Gasteiger partial charge in [0.25, 0.3) is 0 Å². The van der Waals surface area contributed by atoms with Crippen molar-refractivity contribution in [1.82, 2.24) is 9.78 Å². The molecule has 0 spiro atoms. The zero-order valence-electron chi connectivity index (χ0n) is 12.9. The highest BCUT2D eigenvalue weighted by atomic mass is 16.5. The van der Waals surface area contributed by atoms with Gasteiger partial charge in [-0.15, -0.1) is 0 Å². The van der Waals surface area contributed by atoms with E-state index >= 15 is 0 Å². The van der Waals surface area contributed by atoms with Crippen LogP contribution in [0.5, 0.6) is 0 Å². The molecule has 0 aliphatic heterocycles. The summed E-state index contributed by atoms with van der Waals surface area (Å²) >= 11 is 0. The van der Waals surface area contributed by atoms with Gasteiger partial charge in [-0.1, -0.05) is 26.2 Å². The van der Waals surface area contributed by atoms with E-state index in [1.54, 1.807) is 7.11 Å². The van der Waals surface area contributed by atoms with Gasteiger partial charge in [0.05, 0.1) is 12.1 Å². The first-order chi connectivity index (χ1) is 9.65. The third-order valence-corrected chi connectivity index (χ3v) is 4.39. The van der Waals surface area contributed by atoms with Crippen LogP contribution in [-0.4, -0.2) is 28.8 Å². The lowest BCUT2D eigenvalue weighted by Crippen LogP contribution is -2.34. The molecule has 0 radical (unpaired) electrons. The Morgan fingerprint density at radius 3 is 2.70 bits per heavy atom. The number of carbonyl (C=O) groups excluding carboxylic acids is 1. The zero-order chi connectivity index (χ0) is 14.5. The summed E-state index contributed by atoms with van der Waals surface area (Å²) in [6, 6.07) is 2.03. The summed E-state index contributed by atoms with van der Waals surface area (Å²) in [7, 11) is 3.57. The van der Waals surface area contributed by atoms with E-state index in [-0.39, 0.29) is 11.9 Å². The lowest BCUT2D eigenvalue weighted by molar-refractivity contribution is -0.132. The minimum Gasteiger partial charge on any atom is -0.373 e. The number of rotatable bonds is 6. The number of aryl methyl sites for hydroxylation is 2. The second-order valence-electron chi connectivity index (χ2n) is 5.80. The number of ketones is 1. The number of methoxy groups -OCH3 is 1. The Hall–Kier alpha value is -1.16. The van der Waals surface area contributed by atoms with Crippen LogP contribution in [0.25, 0.3) is 0 Å². The van der Waals surface area contributed by atoms with Crippen molar-refractivity contribution in [2.45, 2.75) is 58.0 Å². The van der Waals surface area contributed by atoms with Crippen molar-refractivity contribution in [3.8, 4) is 0 Å². The highest BCUT2D eigenvalue weighted by Crippen LogP contribution is 2.28. The van der Waals surface area contributed by atoms with Gasteiger partial charge in [-0.2, -0.15) is 5.10 Å². The molecule has 1 unspecified atom stereocenters. The first-order valence-corrected chi connectivity index (χ1v) is 7.73. The minimum absolute atomic E-state index is 0.199. The fourth-order valence-electron chi connectivity index (χ4n) is 3.21. The van der Waals surface area contributed by atoms with Gasteiger partial charge in [0.2, 0.25) is 0 Å². The molecule has 1 aliphatic rings. The van der Waals surface area contributed by atoms with Crippen molar-refractivity contribution in [3.05, 3.63) is 17.5 Å². The first kappa shape index (κ1) is 15.2. The zero-order valence-corrected chi connectivity index (χ0v) is 12.9. The normalized spacial score (nSPS) is 18.1. The van der Waals surface area contributed by atoms with E-state index < -0.39 is 0 Å². The van der Waals surface area contributed by atoms with Gasteiger partial charge in [0.15, 0.2) is 5.78 Å². The topological polar surface area (TPSA) is 44.1 Å². The second kappa shape index (κ2) is 7.02. The Balaban J connectivity index is 2.02. The average molecular weight is 278 g/mol. The van der Waals surface area contributed by atoms with Crippen molar-refractivity contribution in [2.24, 2.45) is 13.0 Å². The Kier molecular flexibility index (Phi) is 5.35. The number of Topliss-reactive ketones (excluding diaryl/α,β-unsaturated/α-hetero) is 1. The van der Waals surface area contributed by atoms with Crippen molar-refractivity contribution >= 4 is 5.78 Å². The van der Waals surface area contributed by atoms with Gasteiger partial charge in [0, 0.05) is 19.9 Å². The van der Waals surface area contributed by atoms with E-state index in [1.807, 2.05) is 17.8 Å². The Labute approximate surface area is 121 Å². The third kappa shape index (κ3) is 3.48. The number of carbonyl (C=O) groups is 1. The molecule has 4 heteroatoms. The maximum Gasteiger partial charge on any atom is 0.167 e. The molecule has 4 nitrogen and oxygen atoms in total. The molecular weight excluding hydrogens is 252 g/mol. The molecule has 1 aliphatic carbocycles. The van der Waals surface area contributed by atoms with E-state index in [9.17, 15) is 4.79 Å². The van der Waals surface area contributed by atoms with E-state index in [1.165, 1.54) is 19.3 Å². The SMILES string of the molecule is CCc1cc(CC(=O)C(OC)C2CCCCC2)n(C)n1. The number of ether oxygens (including phenoxy) is 1. The lowest BCUT2D eigenvalue weighted by Gasteiger charge is -2.28. The molecule has 2 rings (SSSR count). The Bertz CT molecular complexity index is 447. The Morgan fingerprint density at radius 1 is 1.45 bits per heavy atom. The van der Waals surface area contributed by atoms with Crippen LogP contribution in [-0.2, 0) is 29.4 Å². The summed E-state index contributed by atoms with van der Waals surface area (Å²) < 4.78 is 7.34. The monoisotopic (exact) mass is 278 g/mol. The number of hydrogen-bond acceptors (Lipinski definition) is 3. The van der Waals surface area contributed by atoms with Gasteiger partial charge in [-0.3, -0.25) is 9.48 Å². The van der Waals surface area contributed by atoms with Crippen LogP contribution >= 0.6 is 0 Å². The highest BCUT2D eigenvalue weighted by molar-refractivity contribution is 5.85. The van der Waals surface area contributed by atoms with Crippen molar-refractivity contribution < 1.29 is 9.53 Å². The van der Waals surface area contributed by atoms with Gasteiger partial charge >= 0.3 is 0 Å². The first-order valence-electron chi connectivity index (χ1n) is 7.73. The molecular formula is C16H26N2O2. The molecule has 0 aromatic carbocycles. The molecule has 0 bridgehead atoms. The number of hydrogen-bond donors (Lipinski definition) is 0. The van der Waals surface area contributed by atoms with Gasteiger partial charge in [-0.05, 0) is 31.2 Å². The fourth-order valence-corrected chi connectivity index (χ4v) is 3.21. The van der Waals surface area contributed by atoms with Crippen LogP contribution in [0.15, 0.2) is 6.07 Å². The summed E-state index contributed by atoms with van der Waals surface area (Å²) in [5.74, 6) is 0.602. The van der Waals surface area contributed by atoms with E-state index in [4.69, 9.17) is 4.74 Å². The predicted molar refractivity (Wildman–Crippen MR) is 78.7 cm³/mol. The number of nitrogens with zero attached hydrogens (tertiary/aromatic N) is 2. The third-order valence-electron chi connectivity index (χ3n) is 4.39. The summed E-state index contributed by atoms with van der Waals surface area (Å²) in [4.78, 5) is 12.5. The molecule has 1 atom stereocenters. The molecule has 1 aromatic rings. The minimum atomic E-state index is -0.240. The summed E-state index contributed by atoms with van der Waals surface area (Å²) in [5, 5.41) is 4.40. The standard InChI is InChI=1S/C16H26N2O2/c1-4-13-10-14(18(2)17-13)11-15(19)16(20-3)12-8-6-5-7-9-12/h10,12,16H,4-9,11H2,1-3H3. The summed E-state index contributed by atoms with van der Waals surface area (Å²) in [6.07, 6.45) is 7.08. The van der Waals surface area contributed by atoms with Crippen molar-refractivity contribution in [2.75, 3.05) is 7.11 Å². The van der Waals surface area contributed by atoms with Crippen LogP contribution in [0.4, 0.5) is 0 Å². The van der Waals surface area contributed by atoms with Crippen molar-refractivity contribution in [1.29, 1.82) is 0 Å². The van der Waals surface area contributed by atoms with Gasteiger partial charge in [-0.25, -0.2) is 0 Å². The molecule has 1 fully saturated rings. The highest BCUT2D eigenvalue weighted by Gasteiger charge is 2.29. The average Bonchev–Trinajstić information content (AvgIpc) is 2.81. The predicted octanol–water partition coefficient (Wildman–Crippen LogP) is 2.69. The maximum absolute atomic E-state index is 12.5. The molecule has 112 valence electrons. The molecule has 1 saturated carbocycles.